The van der Waals surface area contributed by atoms with Gasteiger partial charge in [-0.25, -0.2) is 0 Å². The fourth-order valence-electron chi connectivity index (χ4n) is 1.96. The molecule has 18 heavy (non-hydrogen) atoms. The lowest BCUT2D eigenvalue weighted by Crippen LogP contribution is -2.28. The molecule has 0 radical (unpaired) electrons. The van der Waals surface area contributed by atoms with Gasteiger partial charge in [-0.15, -0.1) is 0 Å². The molecule has 1 unspecified atom stereocenters. The monoisotopic (exact) mass is 247 g/mol. The maximum absolute atomic E-state index is 5.32. The first-order valence-corrected chi connectivity index (χ1v) is 6.48. The highest BCUT2D eigenvalue weighted by Crippen LogP contribution is 2.05. The van der Waals surface area contributed by atoms with Crippen LogP contribution in [0.15, 0.2) is 35.1 Å². The number of furan rings is 1. The van der Waals surface area contributed by atoms with Crippen molar-refractivity contribution in [2.45, 2.75) is 32.2 Å². The van der Waals surface area contributed by atoms with Gasteiger partial charge in [0.15, 0.2) is 0 Å². The molecule has 1 N–H and O–H groups in total. The highest BCUT2D eigenvalue weighted by atomic mass is 16.3. The number of nitrogens with one attached hydrogen (secondary N) is 1. The number of rotatable bonds is 7. The molecule has 0 aliphatic heterocycles. The third-order valence-electron chi connectivity index (χ3n) is 3.05. The van der Waals surface area contributed by atoms with E-state index in [1.807, 2.05) is 30.1 Å². The Balaban J connectivity index is 1.61. The number of aromatic nitrogens is 2. The molecule has 2 rings (SSSR count). The van der Waals surface area contributed by atoms with E-state index in [0.29, 0.717) is 6.04 Å². The van der Waals surface area contributed by atoms with Crippen molar-refractivity contribution in [2.24, 2.45) is 7.05 Å². The average Bonchev–Trinajstić information content (AvgIpc) is 2.98. The third-order valence-corrected chi connectivity index (χ3v) is 3.05. The number of nitrogens with zero attached hydrogens (tertiary/aromatic N) is 2. The van der Waals surface area contributed by atoms with Gasteiger partial charge in [0.1, 0.15) is 5.76 Å². The number of aryl methyl sites for hydroxylation is 2. The molecule has 0 bridgehead atoms. The van der Waals surface area contributed by atoms with Crippen LogP contribution in [0, 0.1) is 0 Å². The lowest BCUT2D eigenvalue weighted by atomic mass is 10.1. The van der Waals surface area contributed by atoms with Crippen LogP contribution in [0.25, 0.3) is 0 Å². The quantitative estimate of drug-likeness (QED) is 0.815. The second-order valence-corrected chi connectivity index (χ2v) is 4.70. The molecule has 1 atom stereocenters. The standard InChI is InChI=1S/C14H21N3O/c1-12(5-6-14-4-3-11-18-14)15-9-7-13-8-10-17(2)16-13/h3-4,8,10-12,15H,5-7,9H2,1-2H3. The molecule has 0 aliphatic carbocycles. The molecule has 0 saturated heterocycles. The van der Waals surface area contributed by atoms with Gasteiger partial charge >= 0.3 is 0 Å². The lowest BCUT2D eigenvalue weighted by Gasteiger charge is -2.12. The molecule has 4 heteroatoms. The summed E-state index contributed by atoms with van der Waals surface area (Å²) in [4.78, 5) is 0. The predicted molar refractivity (Wildman–Crippen MR) is 71.4 cm³/mol. The van der Waals surface area contributed by atoms with Gasteiger partial charge in [-0.05, 0) is 31.5 Å². The van der Waals surface area contributed by atoms with Crippen LogP contribution in [0.1, 0.15) is 24.8 Å². The van der Waals surface area contributed by atoms with E-state index in [9.17, 15) is 0 Å². The molecule has 2 heterocycles. The summed E-state index contributed by atoms with van der Waals surface area (Å²) in [6.45, 7) is 3.18. The summed E-state index contributed by atoms with van der Waals surface area (Å²) in [5.74, 6) is 1.06. The van der Waals surface area contributed by atoms with Gasteiger partial charge in [-0.2, -0.15) is 5.10 Å². The van der Waals surface area contributed by atoms with Crippen molar-refractivity contribution in [1.29, 1.82) is 0 Å². The Labute approximate surface area is 108 Å². The van der Waals surface area contributed by atoms with Crippen LogP contribution in [-0.4, -0.2) is 22.4 Å². The van der Waals surface area contributed by atoms with Gasteiger partial charge < -0.3 is 9.73 Å². The maximum Gasteiger partial charge on any atom is 0.103 e. The first-order chi connectivity index (χ1) is 8.74. The van der Waals surface area contributed by atoms with Crippen molar-refractivity contribution < 1.29 is 4.42 Å². The summed E-state index contributed by atoms with van der Waals surface area (Å²) in [5, 5.41) is 7.87. The topological polar surface area (TPSA) is 43.0 Å². The Kier molecular flexibility index (Phi) is 4.59. The number of hydrogen-bond donors (Lipinski definition) is 1. The second-order valence-electron chi connectivity index (χ2n) is 4.70. The summed E-state index contributed by atoms with van der Waals surface area (Å²) >= 11 is 0. The minimum atomic E-state index is 0.499. The molecule has 0 aliphatic rings. The van der Waals surface area contributed by atoms with Crippen molar-refractivity contribution >= 4 is 0 Å². The van der Waals surface area contributed by atoms with E-state index in [0.717, 1.165) is 37.3 Å². The normalized spacial score (nSPS) is 12.8. The zero-order valence-corrected chi connectivity index (χ0v) is 11.1. The van der Waals surface area contributed by atoms with Crippen molar-refractivity contribution in [3.63, 3.8) is 0 Å². The molecule has 2 aromatic rings. The van der Waals surface area contributed by atoms with Gasteiger partial charge in [0, 0.05) is 38.7 Å². The van der Waals surface area contributed by atoms with Crippen molar-refractivity contribution in [1.82, 2.24) is 15.1 Å². The van der Waals surface area contributed by atoms with Gasteiger partial charge in [-0.3, -0.25) is 4.68 Å². The summed E-state index contributed by atoms with van der Waals surface area (Å²) < 4.78 is 7.16. The molecule has 4 nitrogen and oxygen atoms in total. The van der Waals surface area contributed by atoms with Crippen molar-refractivity contribution in [3.05, 3.63) is 42.1 Å². The zero-order chi connectivity index (χ0) is 12.8. The van der Waals surface area contributed by atoms with E-state index in [2.05, 4.69) is 23.4 Å². The molecule has 98 valence electrons. The Hall–Kier alpha value is -1.55. The van der Waals surface area contributed by atoms with Gasteiger partial charge in [0.2, 0.25) is 0 Å². The smallest absolute Gasteiger partial charge is 0.103 e. The highest BCUT2D eigenvalue weighted by Gasteiger charge is 2.04. The molecule has 0 amide bonds. The minimum absolute atomic E-state index is 0.499. The molecule has 2 aromatic heterocycles. The van der Waals surface area contributed by atoms with Crippen molar-refractivity contribution in [2.75, 3.05) is 6.54 Å². The molecule has 0 spiro atoms. The fourth-order valence-corrected chi connectivity index (χ4v) is 1.96. The predicted octanol–water partition coefficient (Wildman–Crippen LogP) is 2.17. The first kappa shape index (κ1) is 12.9. The van der Waals surface area contributed by atoms with Gasteiger partial charge in [0.25, 0.3) is 0 Å². The minimum Gasteiger partial charge on any atom is -0.469 e. The maximum atomic E-state index is 5.32. The van der Waals surface area contributed by atoms with E-state index in [1.165, 1.54) is 0 Å². The van der Waals surface area contributed by atoms with E-state index in [-0.39, 0.29) is 0 Å². The van der Waals surface area contributed by atoms with Gasteiger partial charge in [-0.1, -0.05) is 0 Å². The van der Waals surface area contributed by atoms with E-state index >= 15 is 0 Å². The first-order valence-electron chi connectivity index (χ1n) is 6.48. The Bertz CT molecular complexity index is 447. The number of hydrogen-bond acceptors (Lipinski definition) is 3. The average molecular weight is 247 g/mol. The molecular formula is C14H21N3O. The largest absolute Gasteiger partial charge is 0.469 e. The molecule has 0 saturated carbocycles. The van der Waals surface area contributed by atoms with Crippen LogP contribution < -0.4 is 5.32 Å². The van der Waals surface area contributed by atoms with E-state index < -0.39 is 0 Å². The van der Waals surface area contributed by atoms with Crippen LogP contribution in [0.2, 0.25) is 0 Å². The molecular weight excluding hydrogens is 226 g/mol. The fraction of sp³-hybridized carbons (Fsp3) is 0.500. The summed E-state index contributed by atoms with van der Waals surface area (Å²) in [7, 11) is 1.95. The zero-order valence-electron chi connectivity index (χ0n) is 11.1. The SMILES string of the molecule is CC(CCc1ccco1)NCCc1ccn(C)n1. The van der Waals surface area contributed by atoms with Gasteiger partial charge in [0.05, 0.1) is 12.0 Å². The lowest BCUT2D eigenvalue weighted by molar-refractivity contribution is 0.461. The van der Waals surface area contributed by atoms with E-state index in [1.54, 1.807) is 6.26 Å². The van der Waals surface area contributed by atoms with Crippen LogP contribution in [0.4, 0.5) is 0 Å². The van der Waals surface area contributed by atoms with Crippen molar-refractivity contribution in [3.8, 4) is 0 Å². The van der Waals surface area contributed by atoms with Crippen LogP contribution in [0.3, 0.4) is 0 Å². The third kappa shape index (κ3) is 4.04. The van der Waals surface area contributed by atoms with E-state index in [4.69, 9.17) is 4.42 Å². The summed E-state index contributed by atoms with van der Waals surface area (Å²) in [5.41, 5.74) is 1.14. The van der Waals surface area contributed by atoms with Crippen LogP contribution >= 0.6 is 0 Å². The highest BCUT2D eigenvalue weighted by molar-refractivity contribution is 5.00. The Morgan fingerprint density at radius 2 is 2.28 bits per heavy atom. The summed E-state index contributed by atoms with van der Waals surface area (Å²) in [6, 6.07) is 6.53. The Morgan fingerprint density at radius 3 is 2.94 bits per heavy atom. The Morgan fingerprint density at radius 1 is 1.39 bits per heavy atom. The van der Waals surface area contributed by atoms with Crippen LogP contribution in [0.5, 0.6) is 0 Å². The van der Waals surface area contributed by atoms with Crippen LogP contribution in [-0.2, 0) is 19.9 Å². The molecule has 0 fully saturated rings. The molecule has 0 aromatic carbocycles. The second kappa shape index (κ2) is 6.40. The summed E-state index contributed by atoms with van der Waals surface area (Å²) in [6.07, 6.45) is 6.77.